The van der Waals surface area contributed by atoms with Crippen LogP contribution in [0.15, 0.2) is 12.3 Å². The van der Waals surface area contributed by atoms with Crippen LogP contribution < -0.4 is 4.68 Å². The lowest BCUT2D eigenvalue weighted by atomic mass is 10.1. The number of hydrogen-bond acceptors (Lipinski definition) is 0. The molecule has 0 unspecified atom stereocenters. The number of halogens is 2. The van der Waals surface area contributed by atoms with Crippen LogP contribution >= 0.6 is 0 Å². The minimum atomic E-state index is -2.47. The fourth-order valence-electron chi connectivity index (χ4n) is 0.820. The van der Waals surface area contributed by atoms with Crippen molar-refractivity contribution >= 4 is 0 Å². The van der Waals surface area contributed by atoms with Crippen LogP contribution in [0.4, 0.5) is 8.78 Å². The van der Waals surface area contributed by atoms with Gasteiger partial charge in [0.25, 0.3) is 0 Å². The predicted octanol–water partition coefficient (Wildman–Crippen LogP) is 1.82. The first-order valence-electron chi connectivity index (χ1n) is 3.49. The molecule has 11 heavy (non-hydrogen) atoms. The molecule has 1 aromatic heterocycles. The van der Waals surface area contributed by atoms with Crippen molar-refractivity contribution in [3.63, 3.8) is 0 Å². The summed E-state index contributed by atoms with van der Waals surface area (Å²) in [5.74, 6) is 0.259. The van der Waals surface area contributed by atoms with Crippen molar-refractivity contribution in [1.82, 2.24) is 5.10 Å². The highest BCUT2D eigenvalue weighted by molar-refractivity contribution is 4.99. The second-order valence-electron chi connectivity index (χ2n) is 2.72. The Morgan fingerprint density at radius 2 is 2.09 bits per heavy atom. The first kappa shape index (κ1) is 8.17. The maximum Gasteiger partial charge on any atom is 0.472 e. The van der Waals surface area contributed by atoms with Crippen molar-refractivity contribution in [2.45, 2.75) is 26.3 Å². The zero-order valence-corrected chi connectivity index (χ0v) is 6.51. The van der Waals surface area contributed by atoms with Gasteiger partial charge in [0, 0.05) is 6.07 Å². The largest absolute Gasteiger partial charge is 0.472 e. The van der Waals surface area contributed by atoms with Crippen molar-refractivity contribution in [2.75, 3.05) is 0 Å². The molecule has 0 amide bonds. The molecule has 0 atom stereocenters. The van der Waals surface area contributed by atoms with Crippen molar-refractivity contribution in [3.05, 3.63) is 18.0 Å². The quantitative estimate of drug-likeness (QED) is 0.638. The van der Waals surface area contributed by atoms with Crippen LogP contribution in [-0.2, 0) is 0 Å². The molecule has 1 N–H and O–H groups in total. The number of rotatable bonds is 2. The molecular formula is C7H11F2N2+. The Hall–Kier alpha value is -0.930. The van der Waals surface area contributed by atoms with Crippen LogP contribution in [0.5, 0.6) is 0 Å². The molecule has 2 nitrogen and oxygen atoms in total. The van der Waals surface area contributed by atoms with Gasteiger partial charge in [-0.2, -0.15) is 5.10 Å². The normalized spacial score (nSPS) is 11.5. The number of aromatic amines is 1. The number of alkyl halides is 2. The van der Waals surface area contributed by atoms with Crippen LogP contribution in [0.1, 0.15) is 32.0 Å². The van der Waals surface area contributed by atoms with E-state index in [0.717, 1.165) is 10.4 Å². The van der Waals surface area contributed by atoms with Crippen molar-refractivity contribution in [1.29, 1.82) is 0 Å². The molecule has 4 heteroatoms. The zero-order chi connectivity index (χ0) is 8.43. The number of nitrogens with one attached hydrogen (secondary N) is 1. The van der Waals surface area contributed by atoms with E-state index in [1.54, 1.807) is 6.07 Å². The van der Waals surface area contributed by atoms with Crippen molar-refractivity contribution in [3.8, 4) is 0 Å². The van der Waals surface area contributed by atoms with Gasteiger partial charge < -0.3 is 0 Å². The molecule has 0 spiro atoms. The van der Waals surface area contributed by atoms with Gasteiger partial charge in [-0.3, -0.25) is 0 Å². The second-order valence-corrected chi connectivity index (χ2v) is 2.72. The predicted molar refractivity (Wildman–Crippen MR) is 36.3 cm³/mol. The van der Waals surface area contributed by atoms with Gasteiger partial charge in [-0.25, -0.2) is 0 Å². The molecule has 0 aromatic carbocycles. The summed E-state index contributed by atoms with van der Waals surface area (Å²) >= 11 is 0. The molecule has 0 saturated carbocycles. The van der Waals surface area contributed by atoms with Crippen LogP contribution in [-0.4, -0.2) is 5.10 Å². The van der Waals surface area contributed by atoms with E-state index >= 15 is 0 Å². The van der Waals surface area contributed by atoms with E-state index in [-0.39, 0.29) is 5.92 Å². The highest BCUT2D eigenvalue weighted by atomic mass is 19.3. The lowest BCUT2D eigenvalue weighted by Gasteiger charge is -1.95. The van der Waals surface area contributed by atoms with E-state index in [2.05, 4.69) is 5.10 Å². The van der Waals surface area contributed by atoms with E-state index in [0.29, 0.717) is 0 Å². The molecule has 0 aliphatic rings. The Morgan fingerprint density at radius 1 is 1.45 bits per heavy atom. The number of H-pyrrole nitrogens is 1. The molecular weight excluding hydrogens is 150 g/mol. The zero-order valence-electron chi connectivity index (χ0n) is 6.51. The van der Waals surface area contributed by atoms with Gasteiger partial charge in [0.05, 0.1) is 5.69 Å². The molecule has 1 aromatic rings. The summed E-state index contributed by atoms with van der Waals surface area (Å²) in [5, 5.41) is 2.58. The maximum absolute atomic E-state index is 12.0. The number of aromatic nitrogens is 2. The van der Waals surface area contributed by atoms with Crippen LogP contribution in [0, 0.1) is 0 Å². The first-order chi connectivity index (χ1) is 5.11. The summed E-state index contributed by atoms with van der Waals surface area (Å²) in [6, 6.07) is 1.66. The SMILES string of the molecule is CC(C)c1cc[n+](C(F)F)[nH]1. The Balaban J connectivity index is 2.82. The summed E-state index contributed by atoms with van der Waals surface area (Å²) in [5.41, 5.74) is 0.824. The molecule has 1 heterocycles. The molecule has 1 rings (SSSR count). The van der Waals surface area contributed by atoms with Crippen LogP contribution in [0.2, 0.25) is 0 Å². The van der Waals surface area contributed by atoms with Gasteiger partial charge in [0.1, 0.15) is 0 Å². The minimum absolute atomic E-state index is 0.259. The standard InChI is InChI=1S/C7H10F2N2/c1-5(2)6-3-4-11(10-6)7(8)9/h3-5,7H,1-2H3/p+1. The van der Waals surface area contributed by atoms with E-state index in [9.17, 15) is 8.78 Å². The fraction of sp³-hybridized carbons (Fsp3) is 0.571. The topological polar surface area (TPSA) is 19.7 Å². The van der Waals surface area contributed by atoms with Gasteiger partial charge in [0.2, 0.25) is 6.20 Å². The van der Waals surface area contributed by atoms with E-state index in [1.807, 2.05) is 13.8 Å². The minimum Gasteiger partial charge on any atom is -0.165 e. The molecule has 0 saturated heterocycles. The Labute approximate surface area is 63.8 Å². The fourth-order valence-corrected chi connectivity index (χ4v) is 0.820. The lowest BCUT2D eigenvalue weighted by Crippen LogP contribution is -2.35. The molecule has 0 bridgehead atoms. The summed E-state index contributed by atoms with van der Waals surface area (Å²) in [4.78, 5) is 0. The van der Waals surface area contributed by atoms with Crippen LogP contribution in [0.25, 0.3) is 0 Å². The molecule has 0 aliphatic heterocycles. The average Bonchev–Trinajstić information content (AvgIpc) is 2.33. The van der Waals surface area contributed by atoms with Gasteiger partial charge in [-0.15, -0.1) is 8.78 Å². The van der Waals surface area contributed by atoms with Crippen LogP contribution in [0.3, 0.4) is 0 Å². The van der Waals surface area contributed by atoms with E-state index in [4.69, 9.17) is 0 Å². The third kappa shape index (κ3) is 1.76. The van der Waals surface area contributed by atoms with Gasteiger partial charge in [-0.05, 0) is 5.92 Å². The summed E-state index contributed by atoms with van der Waals surface area (Å²) in [7, 11) is 0. The van der Waals surface area contributed by atoms with Crippen molar-refractivity contribution in [2.24, 2.45) is 0 Å². The van der Waals surface area contributed by atoms with E-state index < -0.39 is 6.55 Å². The molecule has 62 valence electrons. The summed E-state index contributed by atoms with van der Waals surface area (Å²) in [6.45, 7) is 1.42. The third-order valence-corrected chi connectivity index (χ3v) is 1.51. The maximum atomic E-state index is 12.0. The van der Waals surface area contributed by atoms with Gasteiger partial charge in [0.15, 0.2) is 0 Å². The molecule has 0 fully saturated rings. The van der Waals surface area contributed by atoms with Gasteiger partial charge in [-0.1, -0.05) is 18.5 Å². The Bertz CT molecular complexity index is 208. The smallest absolute Gasteiger partial charge is 0.165 e. The van der Waals surface area contributed by atoms with Gasteiger partial charge >= 0.3 is 6.55 Å². The Morgan fingerprint density at radius 3 is 2.36 bits per heavy atom. The number of nitrogens with zero attached hydrogens (tertiary/aromatic N) is 1. The highest BCUT2D eigenvalue weighted by Gasteiger charge is 2.17. The van der Waals surface area contributed by atoms with E-state index in [1.165, 1.54) is 6.20 Å². The summed E-state index contributed by atoms with van der Waals surface area (Å²) < 4.78 is 24.7. The molecule has 0 aliphatic carbocycles. The Kier molecular flexibility index (Phi) is 2.22. The second kappa shape index (κ2) is 2.98. The molecule has 0 radical (unpaired) electrons. The lowest BCUT2D eigenvalue weighted by molar-refractivity contribution is -0.819. The monoisotopic (exact) mass is 161 g/mol. The highest BCUT2D eigenvalue weighted by Crippen LogP contribution is 2.09. The van der Waals surface area contributed by atoms with Crippen molar-refractivity contribution < 1.29 is 13.5 Å². The third-order valence-electron chi connectivity index (χ3n) is 1.51. The average molecular weight is 161 g/mol. The first-order valence-corrected chi connectivity index (χ1v) is 3.49. The summed E-state index contributed by atoms with van der Waals surface area (Å²) in [6.07, 6.45) is 1.35. The number of hydrogen-bond donors (Lipinski definition) is 1.